The zero-order valence-corrected chi connectivity index (χ0v) is 9.32. The first-order valence-corrected chi connectivity index (χ1v) is 5.28. The first-order chi connectivity index (χ1) is 8.53. The number of hydrogen-bond acceptors (Lipinski definition) is 1. The summed E-state index contributed by atoms with van der Waals surface area (Å²) in [6, 6.07) is 15.3. The smallest absolute Gasteiger partial charge is 0.406 e. The van der Waals surface area contributed by atoms with Crippen molar-refractivity contribution in [2.75, 3.05) is 0 Å². The van der Waals surface area contributed by atoms with Gasteiger partial charge in [-0.3, -0.25) is 0 Å². The number of halogens is 3. The topological polar surface area (TPSA) is 9.23 Å². The van der Waals surface area contributed by atoms with Crippen LogP contribution in [0.5, 0.6) is 5.75 Å². The predicted molar refractivity (Wildman–Crippen MR) is 62.1 cm³/mol. The highest BCUT2D eigenvalue weighted by Crippen LogP contribution is 2.23. The van der Waals surface area contributed by atoms with Gasteiger partial charge in [-0.1, -0.05) is 42.5 Å². The first-order valence-electron chi connectivity index (χ1n) is 5.28. The van der Waals surface area contributed by atoms with Crippen molar-refractivity contribution in [3.05, 3.63) is 72.1 Å². The van der Waals surface area contributed by atoms with Crippen LogP contribution in [-0.2, 0) is 0 Å². The van der Waals surface area contributed by atoms with E-state index in [4.69, 9.17) is 0 Å². The van der Waals surface area contributed by atoms with Crippen molar-refractivity contribution >= 4 is 0 Å². The number of hydrogen-bond donors (Lipinski definition) is 0. The fourth-order valence-electron chi connectivity index (χ4n) is 1.51. The van der Waals surface area contributed by atoms with Crippen molar-refractivity contribution in [1.82, 2.24) is 0 Å². The molecule has 0 N–H and O–H groups in total. The summed E-state index contributed by atoms with van der Waals surface area (Å²) >= 11 is 0. The summed E-state index contributed by atoms with van der Waals surface area (Å²) in [5, 5.41) is 0. The summed E-state index contributed by atoms with van der Waals surface area (Å²) in [4.78, 5) is 0. The zero-order chi connectivity index (χ0) is 13.0. The van der Waals surface area contributed by atoms with Crippen LogP contribution in [0.15, 0.2) is 54.6 Å². The van der Waals surface area contributed by atoms with Crippen molar-refractivity contribution in [1.29, 1.82) is 0 Å². The molecule has 0 aliphatic carbocycles. The molecule has 2 aromatic rings. The molecular weight excluding hydrogens is 241 g/mol. The summed E-state index contributed by atoms with van der Waals surface area (Å²) in [6.07, 6.45) is -2.78. The fraction of sp³-hybridized carbons (Fsp3) is 0.0714. The monoisotopic (exact) mass is 251 g/mol. The van der Waals surface area contributed by atoms with Crippen LogP contribution in [0.3, 0.4) is 0 Å². The van der Waals surface area contributed by atoms with Crippen LogP contribution >= 0.6 is 0 Å². The predicted octanol–water partition coefficient (Wildman–Crippen LogP) is 4.19. The fourth-order valence-corrected chi connectivity index (χ4v) is 1.51. The normalized spacial score (nSPS) is 11.3. The quantitative estimate of drug-likeness (QED) is 0.794. The summed E-state index contributed by atoms with van der Waals surface area (Å²) in [5.41, 5.74) is 1.80. The molecule has 1 nitrogen and oxygen atoms in total. The van der Waals surface area contributed by atoms with E-state index in [0.29, 0.717) is 0 Å². The van der Waals surface area contributed by atoms with E-state index in [-0.39, 0.29) is 5.75 Å². The minimum absolute atomic E-state index is 0.215. The van der Waals surface area contributed by atoms with E-state index in [0.717, 1.165) is 11.1 Å². The van der Waals surface area contributed by atoms with Gasteiger partial charge in [0.05, 0.1) is 0 Å². The molecule has 1 radical (unpaired) electrons. The second-order valence-corrected chi connectivity index (χ2v) is 3.67. The second-order valence-electron chi connectivity index (χ2n) is 3.67. The average Bonchev–Trinajstić information content (AvgIpc) is 2.31. The summed E-state index contributed by atoms with van der Waals surface area (Å²) < 4.78 is 39.7. The lowest BCUT2D eigenvalue weighted by Gasteiger charge is -2.09. The van der Waals surface area contributed by atoms with E-state index in [1.165, 1.54) is 12.1 Å². The van der Waals surface area contributed by atoms with Crippen molar-refractivity contribution in [3.63, 3.8) is 0 Å². The molecule has 0 saturated heterocycles. The van der Waals surface area contributed by atoms with Crippen LogP contribution in [0.4, 0.5) is 13.2 Å². The highest BCUT2D eigenvalue weighted by molar-refractivity contribution is 5.39. The molecule has 2 rings (SSSR count). The maximum Gasteiger partial charge on any atom is 0.573 e. The van der Waals surface area contributed by atoms with Gasteiger partial charge in [-0.2, -0.15) is 0 Å². The Labute approximate surface area is 103 Å². The zero-order valence-electron chi connectivity index (χ0n) is 9.32. The molecule has 0 aliphatic rings. The third kappa shape index (κ3) is 3.80. The second kappa shape index (κ2) is 5.12. The lowest BCUT2D eigenvalue weighted by atomic mass is 10.1. The van der Waals surface area contributed by atoms with E-state index in [1.807, 2.05) is 36.8 Å². The van der Waals surface area contributed by atoms with Crippen LogP contribution in [0.25, 0.3) is 0 Å². The molecule has 2 aromatic carbocycles. The van der Waals surface area contributed by atoms with Crippen molar-refractivity contribution in [3.8, 4) is 5.75 Å². The Kier molecular flexibility index (Phi) is 3.55. The van der Waals surface area contributed by atoms with Gasteiger partial charge in [-0.15, -0.1) is 13.2 Å². The van der Waals surface area contributed by atoms with Gasteiger partial charge >= 0.3 is 6.36 Å². The van der Waals surface area contributed by atoms with Crippen LogP contribution in [0.2, 0.25) is 0 Å². The molecular formula is C14H10F3O. The Bertz CT molecular complexity index is 489. The third-order valence-electron chi connectivity index (χ3n) is 2.25. The van der Waals surface area contributed by atoms with Gasteiger partial charge < -0.3 is 4.74 Å². The molecule has 0 spiro atoms. The van der Waals surface area contributed by atoms with Gasteiger partial charge in [0, 0.05) is 6.42 Å². The molecule has 93 valence electrons. The van der Waals surface area contributed by atoms with Crippen LogP contribution < -0.4 is 4.74 Å². The molecule has 0 amide bonds. The Morgan fingerprint density at radius 3 is 1.89 bits per heavy atom. The minimum Gasteiger partial charge on any atom is -0.406 e. The minimum atomic E-state index is -4.65. The van der Waals surface area contributed by atoms with Gasteiger partial charge in [0.1, 0.15) is 5.75 Å². The van der Waals surface area contributed by atoms with Gasteiger partial charge in [0.25, 0.3) is 0 Å². The maximum absolute atomic E-state index is 12.0. The number of alkyl halides is 3. The number of ether oxygens (including phenoxy) is 1. The SMILES string of the molecule is FC(F)(F)Oc1ccc([CH]c2ccccc2)cc1. The van der Waals surface area contributed by atoms with Crippen LogP contribution in [0, 0.1) is 6.42 Å². The van der Waals surface area contributed by atoms with Gasteiger partial charge in [-0.05, 0) is 23.3 Å². The highest BCUT2D eigenvalue weighted by atomic mass is 19.4. The maximum atomic E-state index is 12.0. The number of rotatable bonds is 3. The van der Waals surface area contributed by atoms with Gasteiger partial charge in [-0.25, -0.2) is 0 Å². The molecule has 4 heteroatoms. The van der Waals surface area contributed by atoms with Gasteiger partial charge in [0.15, 0.2) is 0 Å². The summed E-state index contributed by atoms with van der Waals surface area (Å²) in [6.45, 7) is 0. The van der Waals surface area contributed by atoms with E-state index in [2.05, 4.69) is 4.74 Å². The molecule has 0 aliphatic heterocycles. The molecule has 18 heavy (non-hydrogen) atoms. The Morgan fingerprint density at radius 2 is 1.33 bits per heavy atom. The molecule has 0 saturated carbocycles. The van der Waals surface area contributed by atoms with Gasteiger partial charge in [0.2, 0.25) is 0 Å². The summed E-state index contributed by atoms with van der Waals surface area (Å²) in [5.74, 6) is -0.215. The van der Waals surface area contributed by atoms with E-state index in [1.54, 1.807) is 12.1 Å². The average molecular weight is 251 g/mol. The van der Waals surface area contributed by atoms with E-state index < -0.39 is 6.36 Å². The third-order valence-corrected chi connectivity index (χ3v) is 2.25. The van der Waals surface area contributed by atoms with Crippen LogP contribution in [-0.4, -0.2) is 6.36 Å². The van der Waals surface area contributed by atoms with Crippen LogP contribution in [0.1, 0.15) is 11.1 Å². The molecule has 0 aromatic heterocycles. The molecule has 0 fully saturated rings. The first kappa shape index (κ1) is 12.5. The van der Waals surface area contributed by atoms with Crippen molar-refractivity contribution in [2.45, 2.75) is 6.36 Å². The molecule has 0 heterocycles. The number of benzene rings is 2. The Hall–Kier alpha value is -1.97. The largest absolute Gasteiger partial charge is 0.573 e. The summed E-state index contributed by atoms with van der Waals surface area (Å²) in [7, 11) is 0. The highest BCUT2D eigenvalue weighted by Gasteiger charge is 2.30. The Balaban J connectivity index is 2.04. The van der Waals surface area contributed by atoms with E-state index >= 15 is 0 Å². The lowest BCUT2D eigenvalue weighted by Crippen LogP contribution is -2.16. The van der Waals surface area contributed by atoms with Crippen molar-refractivity contribution < 1.29 is 17.9 Å². The standard InChI is InChI=1S/C14H10F3O/c15-14(16,17)18-13-8-6-12(7-9-13)10-11-4-2-1-3-5-11/h1-10H. The van der Waals surface area contributed by atoms with E-state index in [9.17, 15) is 13.2 Å². The molecule has 0 bridgehead atoms. The van der Waals surface area contributed by atoms with Crippen molar-refractivity contribution in [2.24, 2.45) is 0 Å². The lowest BCUT2D eigenvalue weighted by molar-refractivity contribution is -0.274. The molecule has 0 atom stereocenters. The molecule has 0 unspecified atom stereocenters. The Morgan fingerprint density at radius 1 is 0.778 bits per heavy atom.